The van der Waals surface area contributed by atoms with Crippen LogP contribution in [0.3, 0.4) is 0 Å². The third kappa shape index (κ3) is 3.53. The molecule has 0 aliphatic heterocycles. The highest BCUT2D eigenvalue weighted by Gasteiger charge is 2.17. The van der Waals surface area contributed by atoms with Gasteiger partial charge >= 0.3 is 5.69 Å². The van der Waals surface area contributed by atoms with E-state index in [0.29, 0.717) is 0 Å². The van der Waals surface area contributed by atoms with E-state index in [4.69, 9.17) is 11.6 Å². The van der Waals surface area contributed by atoms with E-state index in [1.165, 1.54) is 12.1 Å². The SMILES string of the molecule is CSCC(C)Nc1nc(Cl)ccc1[N+](=O)[O-]. The fraction of sp³-hybridized carbons (Fsp3) is 0.444. The molecule has 1 N–H and O–H groups in total. The molecule has 0 spiro atoms. The van der Waals surface area contributed by atoms with E-state index >= 15 is 0 Å². The maximum absolute atomic E-state index is 10.7. The minimum Gasteiger partial charge on any atom is -0.361 e. The van der Waals surface area contributed by atoms with Crippen molar-refractivity contribution in [3.05, 3.63) is 27.4 Å². The molecule has 0 aliphatic rings. The summed E-state index contributed by atoms with van der Waals surface area (Å²) in [5.74, 6) is 1.06. The minimum atomic E-state index is -0.475. The Bertz CT molecular complexity index is 389. The van der Waals surface area contributed by atoms with Crippen molar-refractivity contribution >= 4 is 34.9 Å². The van der Waals surface area contributed by atoms with Gasteiger partial charge in [0.05, 0.1) is 4.92 Å². The van der Waals surface area contributed by atoms with E-state index in [2.05, 4.69) is 10.3 Å². The summed E-state index contributed by atoms with van der Waals surface area (Å²) in [6, 6.07) is 2.85. The van der Waals surface area contributed by atoms with Gasteiger partial charge < -0.3 is 5.32 Å². The van der Waals surface area contributed by atoms with Crippen LogP contribution in [0.5, 0.6) is 0 Å². The number of anilines is 1. The summed E-state index contributed by atoms with van der Waals surface area (Å²) in [5, 5.41) is 14.0. The van der Waals surface area contributed by atoms with Gasteiger partial charge in [-0.15, -0.1) is 0 Å². The van der Waals surface area contributed by atoms with Gasteiger partial charge in [-0.2, -0.15) is 11.8 Å². The fourth-order valence-electron chi connectivity index (χ4n) is 1.21. The third-order valence-electron chi connectivity index (χ3n) is 1.84. The number of thioether (sulfide) groups is 1. The number of pyridine rings is 1. The van der Waals surface area contributed by atoms with Gasteiger partial charge in [-0.25, -0.2) is 4.98 Å². The Morgan fingerprint density at radius 1 is 1.69 bits per heavy atom. The summed E-state index contributed by atoms with van der Waals surface area (Å²) in [6.07, 6.45) is 1.97. The van der Waals surface area contributed by atoms with Gasteiger partial charge in [0.25, 0.3) is 0 Å². The molecule has 1 heterocycles. The van der Waals surface area contributed by atoms with Crippen LogP contribution >= 0.6 is 23.4 Å². The molecule has 1 aromatic heterocycles. The van der Waals surface area contributed by atoms with Crippen LogP contribution in [-0.4, -0.2) is 28.0 Å². The predicted octanol–water partition coefficient (Wildman–Crippen LogP) is 2.81. The van der Waals surface area contributed by atoms with Gasteiger partial charge in [-0.1, -0.05) is 11.6 Å². The van der Waals surface area contributed by atoms with E-state index in [1.807, 2.05) is 13.2 Å². The van der Waals surface area contributed by atoms with Crippen LogP contribution in [0, 0.1) is 10.1 Å². The van der Waals surface area contributed by atoms with Crippen molar-refractivity contribution in [2.24, 2.45) is 0 Å². The molecule has 16 heavy (non-hydrogen) atoms. The summed E-state index contributed by atoms with van der Waals surface area (Å²) in [4.78, 5) is 14.2. The molecule has 0 radical (unpaired) electrons. The van der Waals surface area contributed by atoms with Crippen molar-refractivity contribution in [3.8, 4) is 0 Å². The molecule has 0 aliphatic carbocycles. The van der Waals surface area contributed by atoms with Gasteiger partial charge in [-0.3, -0.25) is 10.1 Å². The van der Waals surface area contributed by atoms with Gasteiger partial charge in [-0.05, 0) is 19.2 Å². The maximum atomic E-state index is 10.7. The quantitative estimate of drug-likeness (QED) is 0.501. The molecule has 0 fully saturated rings. The van der Waals surface area contributed by atoms with Crippen LogP contribution < -0.4 is 5.32 Å². The zero-order chi connectivity index (χ0) is 12.1. The van der Waals surface area contributed by atoms with E-state index in [9.17, 15) is 10.1 Å². The number of nitrogens with one attached hydrogen (secondary N) is 1. The lowest BCUT2D eigenvalue weighted by Crippen LogP contribution is -2.19. The molecule has 0 saturated heterocycles. The second kappa shape index (κ2) is 5.91. The summed E-state index contributed by atoms with van der Waals surface area (Å²) >= 11 is 7.36. The molecule has 5 nitrogen and oxygen atoms in total. The zero-order valence-corrected chi connectivity index (χ0v) is 10.5. The number of hydrogen-bond donors (Lipinski definition) is 1. The Morgan fingerprint density at radius 3 is 2.94 bits per heavy atom. The van der Waals surface area contributed by atoms with Crippen LogP contribution in [0.2, 0.25) is 5.15 Å². The van der Waals surface area contributed by atoms with Gasteiger partial charge in [0.2, 0.25) is 5.82 Å². The van der Waals surface area contributed by atoms with Crippen molar-refractivity contribution in [3.63, 3.8) is 0 Å². The molecule has 0 amide bonds. The van der Waals surface area contributed by atoms with Crippen LogP contribution in [0.4, 0.5) is 11.5 Å². The Hall–Kier alpha value is -1.01. The second-order valence-electron chi connectivity index (χ2n) is 3.26. The summed E-state index contributed by atoms with van der Waals surface area (Å²) in [7, 11) is 0. The van der Waals surface area contributed by atoms with Crippen molar-refractivity contribution in [2.75, 3.05) is 17.3 Å². The second-order valence-corrected chi connectivity index (χ2v) is 4.56. The molecule has 1 unspecified atom stereocenters. The van der Waals surface area contributed by atoms with E-state index < -0.39 is 4.92 Å². The Morgan fingerprint density at radius 2 is 2.38 bits per heavy atom. The summed E-state index contributed by atoms with van der Waals surface area (Å²) < 4.78 is 0. The average Bonchev–Trinajstić information content (AvgIpc) is 2.17. The number of hydrogen-bond acceptors (Lipinski definition) is 5. The highest BCUT2D eigenvalue weighted by Crippen LogP contribution is 2.24. The molecular weight excluding hydrogens is 250 g/mol. The molecule has 1 rings (SSSR count). The van der Waals surface area contributed by atoms with Crippen molar-refractivity contribution in [1.82, 2.24) is 4.98 Å². The number of aromatic nitrogens is 1. The predicted molar refractivity (Wildman–Crippen MR) is 67.4 cm³/mol. The third-order valence-corrected chi connectivity index (χ3v) is 2.88. The van der Waals surface area contributed by atoms with Crippen molar-refractivity contribution < 1.29 is 4.92 Å². The first-order chi connectivity index (χ1) is 7.54. The van der Waals surface area contributed by atoms with Crippen molar-refractivity contribution in [2.45, 2.75) is 13.0 Å². The smallest absolute Gasteiger partial charge is 0.311 e. The summed E-state index contributed by atoms with van der Waals surface area (Å²) in [5.41, 5.74) is -0.0580. The van der Waals surface area contributed by atoms with Crippen molar-refractivity contribution in [1.29, 1.82) is 0 Å². The Balaban J connectivity index is 2.92. The van der Waals surface area contributed by atoms with Crippen LogP contribution in [-0.2, 0) is 0 Å². The fourth-order valence-corrected chi connectivity index (χ4v) is 1.94. The molecular formula is C9H12ClN3O2S. The number of nitro groups is 1. The first-order valence-electron chi connectivity index (χ1n) is 4.61. The first-order valence-corrected chi connectivity index (χ1v) is 6.38. The number of rotatable bonds is 5. The lowest BCUT2D eigenvalue weighted by Gasteiger charge is -2.12. The summed E-state index contributed by atoms with van der Waals surface area (Å²) in [6.45, 7) is 1.93. The lowest BCUT2D eigenvalue weighted by atomic mass is 10.3. The van der Waals surface area contributed by atoms with Crippen LogP contribution in [0.15, 0.2) is 12.1 Å². The zero-order valence-electron chi connectivity index (χ0n) is 8.94. The number of nitrogens with zero attached hydrogens (tertiary/aromatic N) is 2. The lowest BCUT2D eigenvalue weighted by molar-refractivity contribution is -0.384. The minimum absolute atomic E-state index is 0.0580. The van der Waals surface area contributed by atoms with Gasteiger partial charge in [0, 0.05) is 17.9 Å². The topological polar surface area (TPSA) is 68.1 Å². The molecule has 1 aromatic rings. The molecule has 1 atom stereocenters. The van der Waals surface area contributed by atoms with E-state index in [1.54, 1.807) is 11.8 Å². The van der Waals surface area contributed by atoms with E-state index in [0.717, 1.165) is 5.75 Å². The molecule has 7 heteroatoms. The first kappa shape index (κ1) is 13.1. The molecule has 0 saturated carbocycles. The molecule has 0 aromatic carbocycles. The average molecular weight is 262 g/mol. The van der Waals surface area contributed by atoms with Crippen LogP contribution in [0.25, 0.3) is 0 Å². The maximum Gasteiger partial charge on any atom is 0.311 e. The Labute approximate surface area is 103 Å². The Kier molecular flexibility index (Phi) is 4.82. The normalized spacial score (nSPS) is 12.2. The van der Waals surface area contributed by atoms with Crippen LogP contribution in [0.1, 0.15) is 6.92 Å². The number of halogens is 1. The highest BCUT2D eigenvalue weighted by atomic mass is 35.5. The standard InChI is InChI=1S/C9H12ClN3O2S/c1-6(5-16-2)11-9-7(13(14)15)3-4-8(10)12-9/h3-4,6H,5H2,1-2H3,(H,11,12). The molecule has 0 bridgehead atoms. The largest absolute Gasteiger partial charge is 0.361 e. The van der Waals surface area contributed by atoms with Gasteiger partial charge in [0.15, 0.2) is 0 Å². The highest BCUT2D eigenvalue weighted by molar-refractivity contribution is 7.98. The van der Waals surface area contributed by atoms with E-state index in [-0.39, 0.29) is 22.7 Å². The molecule has 88 valence electrons. The van der Waals surface area contributed by atoms with Gasteiger partial charge in [0.1, 0.15) is 5.15 Å². The monoisotopic (exact) mass is 261 g/mol.